The summed E-state index contributed by atoms with van der Waals surface area (Å²) in [5.41, 5.74) is 7.32. The van der Waals surface area contributed by atoms with Crippen molar-refractivity contribution < 1.29 is 0 Å². The zero-order valence-corrected chi connectivity index (χ0v) is 20.8. The molecule has 0 radical (unpaired) electrons. The van der Waals surface area contributed by atoms with Crippen molar-refractivity contribution in [2.45, 2.75) is 24.7 Å². The third-order valence-electron chi connectivity index (χ3n) is 6.10. The van der Waals surface area contributed by atoms with Gasteiger partial charge in [-0.05, 0) is 104 Å². The Morgan fingerprint density at radius 3 is 1.43 bits per heavy atom. The van der Waals surface area contributed by atoms with Gasteiger partial charge in [0.15, 0.2) is 0 Å². The molecule has 0 spiro atoms. The number of aromatic nitrogens is 2. The second kappa shape index (κ2) is 6.34. The molecular formula is C22H12Br4N2. The largest absolute Gasteiger partial charge is 0.251 e. The predicted octanol–water partition coefficient (Wildman–Crippen LogP) is 7.81. The molecule has 0 N–H and O–H groups in total. The van der Waals surface area contributed by atoms with E-state index in [1.54, 1.807) is 0 Å². The molecule has 0 saturated carbocycles. The summed E-state index contributed by atoms with van der Waals surface area (Å²) < 4.78 is 4.29. The van der Waals surface area contributed by atoms with Gasteiger partial charge in [-0.3, -0.25) is 9.97 Å². The molecule has 0 fully saturated rings. The first-order valence-corrected chi connectivity index (χ1v) is 12.2. The normalized spacial score (nSPS) is 19.9. The first kappa shape index (κ1) is 18.0. The topological polar surface area (TPSA) is 25.8 Å². The van der Waals surface area contributed by atoms with Gasteiger partial charge >= 0.3 is 0 Å². The fourth-order valence-electron chi connectivity index (χ4n) is 4.82. The highest BCUT2D eigenvalue weighted by Crippen LogP contribution is 2.53. The van der Waals surface area contributed by atoms with Crippen molar-refractivity contribution in [3.63, 3.8) is 0 Å². The van der Waals surface area contributed by atoms with E-state index < -0.39 is 0 Å². The van der Waals surface area contributed by atoms with Crippen LogP contribution in [0.1, 0.15) is 34.4 Å². The zero-order chi connectivity index (χ0) is 19.2. The number of hydrogen-bond acceptors (Lipinski definition) is 2. The van der Waals surface area contributed by atoms with E-state index in [0.717, 1.165) is 41.8 Å². The van der Waals surface area contributed by atoms with E-state index in [1.807, 2.05) is 0 Å². The van der Waals surface area contributed by atoms with E-state index in [2.05, 4.69) is 100 Å². The molecule has 6 heteroatoms. The fourth-order valence-corrected chi connectivity index (χ4v) is 6.55. The number of nitrogens with zero attached hydrogens (tertiary/aromatic N) is 2. The van der Waals surface area contributed by atoms with Crippen molar-refractivity contribution in [3.05, 3.63) is 76.8 Å². The summed E-state index contributed by atoms with van der Waals surface area (Å²) in [6.45, 7) is 0. The van der Waals surface area contributed by atoms with Crippen LogP contribution in [0.5, 0.6) is 0 Å². The van der Waals surface area contributed by atoms with Gasteiger partial charge in [0, 0.05) is 40.1 Å². The number of rotatable bonds is 0. The monoisotopic (exact) mass is 620 g/mol. The third-order valence-corrected chi connectivity index (χ3v) is 8.76. The summed E-state index contributed by atoms with van der Waals surface area (Å²) in [5.74, 6) is 0.935. The molecule has 0 amide bonds. The van der Waals surface area contributed by atoms with Gasteiger partial charge < -0.3 is 0 Å². The van der Waals surface area contributed by atoms with Crippen LogP contribution in [0.25, 0.3) is 21.8 Å². The highest BCUT2D eigenvalue weighted by molar-refractivity contribution is 9.11. The molecule has 2 heterocycles. The van der Waals surface area contributed by atoms with Gasteiger partial charge in [-0.25, -0.2) is 0 Å². The highest BCUT2D eigenvalue weighted by Gasteiger charge is 2.42. The first-order chi connectivity index (χ1) is 13.5. The van der Waals surface area contributed by atoms with Crippen molar-refractivity contribution in [1.29, 1.82) is 0 Å². The van der Waals surface area contributed by atoms with Crippen LogP contribution in [-0.2, 0) is 12.8 Å². The van der Waals surface area contributed by atoms with E-state index in [1.165, 1.54) is 33.3 Å². The summed E-state index contributed by atoms with van der Waals surface area (Å²) in [5, 5.41) is 2.35. The van der Waals surface area contributed by atoms with Gasteiger partial charge in [-0.2, -0.15) is 0 Å². The number of halogens is 4. The molecule has 0 aliphatic heterocycles. The Bertz CT molecular complexity index is 1230. The van der Waals surface area contributed by atoms with Crippen LogP contribution < -0.4 is 0 Å². The first-order valence-electron chi connectivity index (χ1n) is 9.06. The lowest BCUT2D eigenvalue weighted by molar-refractivity contribution is 0.631. The summed E-state index contributed by atoms with van der Waals surface area (Å²) in [7, 11) is 0. The number of benzene rings is 2. The van der Waals surface area contributed by atoms with E-state index in [9.17, 15) is 0 Å². The number of pyridine rings is 2. The molecule has 4 aromatic rings. The van der Waals surface area contributed by atoms with Crippen molar-refractivity contribution in [3.8, 4) is 0 Å². The Kier molecular flexibility index (Phi) is 4.07. The highest BCUT2D eigenvalue weighted by atomic mass is 79.9. The van der Waals surface area contributed by atoms with Crippen LogP contribution in [0.15, 0.2) is 54.3 Å². The molecule has 6 rings (SSSR count). The third kappa shape index (κ3) is 2.47. The standard InChI is InChI=1S/C22H12Br4N2/c23-15-1-3-17(25)21-13(15)5-11-9-7-20-12(10(9)8-19(11)27-21)6-14-16(24)2-4-18(26)22(14)28-20/h1-6,9-10H,7-8H2/t9-,10-/m1/s1. The molecule has 2 atom stereocenters. The summed E-state index contributed by atoms with van der Waals surface area (Å²) in [4.78, 5) is 10.1. The van der Waals surface area contributed by atoms with Crippen LogP contribution in [0.3, 0.4) is 0 Å². The van der Waals surface area contributed by atoms with Gasteiger partial charge in [0.05, 0.1) is 11.0 Å². The molecular weight excluding hydrogens is 612 g/mol. The maximum absolute atomic E-state index is 5.05. The SMILES string of the molecule is Brc1ccc(Br)c2nc3c(cc12)[C@@H]1Cc2nc4c(Br)ccc(Br)c4cc2[C@@H]1C3. The molecule has 2 aromatic heterocycles. The Labute approximate surface area is 195 Å². The summed E-state index contributed by atoms with van der Waals surface area (Å²) >= 11 is 14.7. The number of hydrogen-bond donors (Lipinski definition) is 0. The summed E-state index contributed by atoms with van der Waals surface area (Å²) in [6, 6.07) is 13.0. The van der Waals surface area contributed by atoms with Crippen molar-refractivity contribution in [2.75, 3.05) is 0 Å². The molecule has 2 aromatic carbocycles. The van der Waals surface area contributed by atoms with Gasteiger partial charge in [0.25, 0.3) is 0 Å². The second-order valence-electron chi connectivity index (χ2n) is 7.52. The van der Waals surface area contributed by atoms with Gasteiger partial charge in [0.2, 0.25) is 0 Å². The molecule has 0 unspecified atom stereocenters. The van der Waals surface area contributed by atoms with Gasteiger partial charge in [-0.15, -0.1) is 0 Å². The van der Waals surface area contributed by atoms with Crippen LogP contribution in [-0.4, -0.2) is 9.97 Å². The van der Waals surface area contributed by atoms with Crippen LogP contribution in [0.4, 0.5) is 0 Å². The second-order valence-corrected chi connectivity index (χ2v) is 10.9. The average Bonchev–Trinajstić information content (AvgIpc) is 3.21. The minimum Gasteiger partial charge on any atom is -0.251 e. The Morgan fingerprint density at radius 1 is 0.607 bits per heavy atom. The van der Waals surface area contributed by atoms with Crippen LogP contribution in [0, 0.1) is 0 Å². The molecule has 0 saturated heterocycles. The minimum absolute atomic E-state index is 0.467. The maximum Gasteiger partial charge on any atom is 0.0858 e. The molecule has 2 aliphatic rings. The van der Waals surface area contributed by atoms with E-state index >= 15 is 0 Å². The zero-order valence-electron chi connectivity index (χ0n) is 14.4. The molecule has 2 aliphatic carbocycles. The average molecular weight is 624 g/mol. The Hall–Kier alpha value is -0.820. The van der Waals surface area contributed by atoms with Crippen molar-refractivity contribution >= 4 is 85.5 Å². The summed E-state index contributed by atoms with van der Waals surface area (Å²) in [6.07, 6.45) is 1.97. The van der Waals surface area contributed by atoms with Crippen molar-refractivity contribution in [2.24, 2.45) is 0 Å². The van der Waals surface area contributed by atoms with E-state index in [4.69, 9.17) is 9.97 Å². The lowest BCUT2D eigenvalue weighted by Crippen LogP contribution is -1.98. The molecule has 138 valence electrons. The van der Waals surface area contributed by atoms with Crippen LogP contribution in [0.2, 0.25) is 0 Å². The van der Waals surface area contributed by atoms with E-state index in [-0.39, 0.29) is 0 Å². The van der Waals surface area contributed by atoms with Crippen molar-refractivity contribution in [1.82, 2.24) is 9.97 Å². The Morgan fingerprint density at radius 2 is 1.00 bits per heavy atom. The number of fused-ring (bicyclic) bond motifs is 7. The predicted molar refractivity (Wildman–Crippen MR) is 127 cm³/mol. The lowest BCUT2D eigenvalue weighted by Gasteiger charge is -2.11. The Balaban J connectivity index is 1.54. The van der Waals surface area contributed by atoms with Gasteiger partial charge in [0.1, 0.15) is 0 Å². The van der Waals surface area contributed by atoms with Gasteiger partial charge in [-0.1, -0.05) is 31.9 Å². The van der Waals surface area contributed by atoms with E-state index in [0.29, 0.717) is 11.8 Å². The molecule has 28 heavy (non-hydrogen) atoms. The van der Waals surface area contributed by atoms with Crippen LogP contribution >= 0.6 is 63.7 Å². The molecule has 0 bridgehead atoms. The minimum atomic E-state index is 0.467. The lowest BCUT2D eigenvalue weighted by atomic mass is 9.93. The smallest absolute Gasteiger partial charge is 0.0858 e. The fraction of sp³-hybridized carbons (Fsp3) is 0.182. The maximum atomic E-state index is 5.05. The quantitative estimate of drug-likeness (QED) is 0.200. The molecule has 2 nitrogen and oxygen atoms in total.